The molecule has 0 N–H and O–H groups in total. The van der Waals surface area contributed by atoms with Crippen molar-refractivity contribution in [2.45, 2.75) is 51.3 Å². The van der Waals surface area contributed by atoms with Crippen LogP contribution < -0.4 is 10.3 Å². The zero-order valence-corrected chi connectivity index (χ0v) is 21.1. The Kier molecular flexibility index (Phi) is 6.86. The molecule has 6 rings (SSSR count). The molecule has 1 aromatic carbocycles. The Morgan fingerprint density at radius 2 is 1.97 bits per heavy atom. The topological polar surface area (TPSA) is 52.3 Å². The lowest BCUT2D eigenvalue weighted by Crippen LogP contribution is -2.39. The molecule has 1 fully saturated rings. The van der Waals surface area contributed by atoms with Crippen molar-refractivity contribution < 1.29 is 9.13 Å². The van der Waals surface area contributed by atoms with Crippen LogP contribution in [-0.2, 0) is 26.6 Å². The summed E-state index contributed by atoms with van der Waals surface area (Å²) in [7, 11) is 2.15. The van der Waals surface area contributed by atoms with Crippen LogP contribution in [0.1, 0.15) is 42.6 Å². The number of nitrogens with zero attached hydrogens (tertiary/aromatic N) is 4. The average Bonchev–Trinajstić information content (AvgIpc) is 2.96. The number of halogens is 2. The molecule has 6 nitrogen and oxygen atoms in total. The van der Waals surface area contributed by atoms with E-state index in [4.69, 9.17) is 4.74 Å². The van der Waals surface area contributed by atoms with Crippen LogP contribution in [0.3, 0.4) is 0 Å². The van der Waals surface area contributed by atoms with Gasteiger partial charge in [0.25, 0.3) is 5.56 Å². The van der Waals surface area contributed by atoms with Crippen LogP contribution in [0.25, 0.3) is 16.6 Å². The second-order valence-electron chi connectivity index (χ2n) is 9.67. The maximum absolute atomic E-state index is 13.0. The molecule has 4 heterocycles. The van der Waals surface area contributed by atoms with E-state index in [1.807, 2.05) is 6.07 Å². The van der Waals surface area contributed by atoms with E-state index < -0.39 is 5.82 Å². The standard InChI is InChI=1S/C28H29FN4O2.ClH/c1-31-26-6-3-12-32(21-4-2-5-21)17-25(26)24-10-9-22(14-27(24)31)33-13-11-23(15-28(33)34)35-18-20-8-7-19(29)16-30-20;/h7-11,13-16,21H,2-6,12,17-18H2,1H3;1H. The highest BCUT2D eigenvalue weighted by Gasteiger charge is 2.29. The summed E-state index contributed by atoms with van der Waals surface area (Å²) in [6.45, 7) is 2.37. The van der Waals surface area contributed by atoms with Gasteiger partial charge in [-0.2, -0.15) is 0 Å². The van der Waals surface area contributed by atoms with Crippen molar-refractivity contribution in [2.24, 2.45) is 7.05 Å². The number of rotatable bonds is 5. The number of aryl methyl sites for hydroxylation is 1. The number of benzene rings is 1. The Labute approximate surface area is 215 Å². The van der Waals surface area contributed by atoms with E-state index >= 15 is 0 Å². The first-order valence-corrected chi connectivity index (χ1v) is 12.4. The van der Waals surface area contributed by atoms with Gasteiger partial charge in [-0.1, -0.05) is 12.5 Å². The second kappa shape index (κ2) is 10.1. The summed E-state index contributed by atoms with van der Waals surface area (Å²) < 4.78 is 22.7. The van der Waals surface area contributed by atoms with Crippen LogP contribution in [0.5, 0.6) is 5.75 Å². The Hall–Kier alpha value is -3.16. The molecule has 36 heavy (non-hydrogen) atoms. The molecular weight excluding hydrogens is 479 g/mol. The highest BCUT2D eigenvalue weighted by molar-refractivity contribution is 5.87. The number of hydrogen-bond acceptors (Lipinski definition) is 4. The molecule has 0 saturated heterocycles. The van der Waals surface area contributed by atoms with E-state index in [1.165, 1.54) is 61.0 Å². The largest absolute Gasteiger partial charge is 0.487 e. The molecule has 0 atom stereocenters. The van der Waals surface area contributed by atoms with E-state index in [9.17, 15) is 9.18 Å². The molecular formula is C28H30ClFN4O2. The fraction of sp³-hybridized carbons (Fsp3) is 0.357. The van der Waals surface area contributed by atoms with E-state index in [1.54, 1.807) is 22.9 Å². The van der Waals surface area contributed by atoms with Crippen LogP contribution in [0.15, 0.2) is 59.7 Å². The molecule has 1 saturated carbocycles. The summed E-state index contributed by atoms with van der Waals surface area (Å²) in [5, 5.41) is 1.29. The Bertz CT molecular complexity index is 1440. The fourth-order valence-electron chi connectivity index (χ4n) is 5.41. The number of ether oxygens (including phenoxy) is 1. The Morgan fingerprint density at radius 1 is 1.11 bits per heavy atom. The number of aromatic nitrogens is 3. The van der Waals surface area contributed by atoms with Crippen molar-refractivity contribution in [1.29, 1.82) is 0 Å². The molecule has 0 bridgehead atoms. The van der Waals surface area contributed by atoms with Gasteiger partial charge >= 0.3 is 0 Å². The average molecular weight is 509 g/mol. The van der Waals surface area contributed by atoms with Crippen molar-refractivity contribution >= 4 is 23.3 Å². The van der Waals surface area contributed by atoms with Crippen molar-refractivity contribution in [1.82, 2.24) is 19.0 Å². The van der Waals surface area contributed by atoms with E-state index in [0.29, 0.717) is 11.4 Å². The van der Waals surface area contributed by atoms with Gasteiger partial charge in [0.1, 0.15) is 18.2 Å². The molecule has 3 aromatic heterocycles. The molecule has 1 aliphatic heterocycles. The Balaban J connectivity index is 0.00000267. The third kappa shape index (κ3) is 4.53. The maximum Gasteiger partial charge on any atom is 0.258 e. The van der Waals surface area contributed by atoms with Gasteiger partial charge in [0.2, 0.25) is 0 Å². The summed E-state index contributed by atoms with van der Waals surface area (Å²) in [5.74, 6) is 0.0683. The smallest absolute Gasteiger partial charge is 0.258 e. The third-order valence-corrected chi connectivity index (χ3v) is 7.58. The van der Waals surface area contributed by atoms with Crippen LogP contribution in [0.2, 0.25) is 0 Å². The summed E-state index contributed by atoms with van der Waals surface area (Å²) in [6.07, 6.45) is 9.18. The highest BCUT2D eigenvalue weighted by atomic mass is 35.5. The minimum Gasteiger partial charge on any atom is -0.487 e. The fourth-order valence-corrected chi connectivity index (χ4v) is 5.41. The minimum absolute atomic E-state index is 0. The SMILES string of the molecule is Cl.Cn1c2c(c3ccc(-n4ccc(OCc5ccc(F)cn5)cc4=O)cc31)CN(C1CCC1)CCC2. The number of hydrogen-bond donors (Lipinski definition) is 0. The highest BCUT2D eigenvalue weighted by Crippen LogP contribution is 2.34. The van der Waals surface area contributed by atoms with E-state index in [-0.39, 0.29) is 24.6 Å². The molecule has 2 aliphatic rings. The monoisotopic (exact) mass is 508 g/mol. The molecule has 0 unspecified atom stereocenters. The molecule has 0 spiro atoms. The first-order chi connectivity index (χ1) is 17.1. The molecule has 0 amide bonds. The molecule has 1 aliphatic carbocycles. The summed E-state index contributed by atoms with van der Waals surface area (Å²) in [4.78, 5) is 19.6. The van der Waals surface area contributed by atoms with Gasteiger partial charge in [-0.05, 0) is 68.1 Å². The van der Waals surface area contributed by atoms with Gasteiger partial charge in [-0.3, -0.25) is 19.2 Å². The quantitative estimate of drug-likeness (QED) is 0.373. The van der Waals surface area contributed by atoms with Gasteiger partial charge in [0.05, 0.1) is 23.1 Å². The summed E-state index contributed by atoms with van der Waals surface area (Å²) in [5.41, 5.74) is 5.30. The van der Waals surface area contributed by atoms with Crippen LogP contribution in [0.4, 0.5) is 4.39 Å². The normalized spacial score (nSPS) is 16.2. The molecule has 0 radical (unpaired) electrons. The lowest BCUT2D eigenvalue weighted by atomic mass is 9.91. The van der Waals surface area contributed by atoms with Crippen LogP contribution >= 0.6 is 12.4 Å². The van der Waals surface area contributed by atoms with Crippen molar-refractivity contribution in [2.75, 3.05) is 6.54 Å². The lowest BCUT2D eigenvalue weighted by molar-refractivity contribution is 0.122. The maximum atomic E-state index is 13.0. The van der Waals surface area contributed by atoms with Gasteiger partial charge in [0.15, 0.2) is 0 Å². The van der Waals surface area contributed by atoms with Crippen molar-refractivity contribution in [3.8, 4) is 11.4 Å². The van der Waals surface area contributed by atoms with Gasteiger partial charge in [0, 0.05) is 43.0 Å². The first kappa shape index (κ1) is 24.5. The molecule has 8 heteroatoms. The van der Waals surface area contributed by atoms with Gasteiger partial charge < -0.3 is 9.30 Å². The third-order valence-electron chi connectivity index (χ3n) is 7.58. The Morgan fingerprint density at radius 3 is 2.69 bits per heavy atom. The lowest BCUT2D eigenvalue weighted by Gasteiger charge is -2.36. The number of fused-ring (bicyclic) bond motifs is 3. The summed E-state index contributed by atoms with van der Waals surface area (Å²) >= 11 is 0. The zero-order chi connectivity index (χ0) is 23.9. The number of pyridine rings is 2. The van der Waals surface area contributed by atoms with E-state index in [2.05, 4.69) is 33.6 Å². The van der Waals surface area contributed by atoms with Crippen molar-refractivity contribution in [3.63, 3.8) is 0 Å². The second-order valence-corrected chi connectivity index (χ2v) is 9.67. The van der Waals surface area contributed by atoms with E-state index in [0.717, 1.165) is 36.4 Å². The first-order valence-electron chi connectivity index (χ1n) is 12.4. The van der Waals surface area contributed by atoms with Crippen molar-refractivity contribution in [3.05, 3.63) is 88.0 Å². The minimum atomic E-state index is -0.390. The van der Waals surface area contributed by atoms with Gasteiger partial charge in [-0.15, -0.1) is 12.4 Å². The van der Waals surface area contributed by atoms with Gasteiger partial charge in [-0.25, -0.2) is 4.39 Å². The van der Waals surface area contributed by atoms with Crippen LogP contribution in [-0.4, -0.2) is 31.6 Å². The predicted octanol–water partition coefficient (Wildman–Crippen LogP) is 5.16. The molecule has 4 aromatic rings. The summed E-state index contributed by atoms with van der Waals surface area (Å²) in [6, 6.07) is 13.2. The van der Waals surface area contributed by atoms with Crippen LogP contribution in [0, 0.1) is 5.82 Å². The molecule has 188 valence electrons. The zero-order valence-electron chi connectivity index (χ0n) is 20.3. The predicted molar refractivity (Wildman–Crippen MR) is 141 cm³/mol.